The molecule has 50 valence electrons. The van der Waals surface area contributed by atoms with Gasteiger partial charge in [0.15, 0.2) is 0 Å². The molecule has 0 aliphatic heterocycles. The fourth-order valence-corrected chi connectivity index (χ4v) is 2.01. The van der Waals surface area contributed by atoms with Crippen LogP contribution in [0.25, 0.3) is 0 Å². The minimum absolute atomic E-state index is 0.0231. The zero-order valence-electron chi connectivity index (χ0n) is 5.21. The van der Waals surface area contributed by atoms with Crippen molar-refractivity contribution < 1.29 is 9.90 Å². The van der Waals surface area contributed by atoms with E-state index >= 15 is 0 Å². The van der Waals surface area contributed by atoms with E-state index < -0.39 is 5.97 Å². The molecule has 0 aromatic rings. The first-order chi connectivity index (χ1) is 4.29. The molecule has 0 radical (unpaired) electrons. The highest BCUT2D eigenvalue weighted by Crippen LogP contribution is 2.55. The molecule has 2 unspecified atom stereocenters. The summed E-state index contributed by atoms with van der Waals surface area (Å²) < 4.78 is 0. The van der Waals surface area contributed by atoms with Crippen molar-refractivity contribution in [3.05, 3.63) is 0 Å². The number of hydrogen-bond donors (Lipinski definition) is 1. The van der Waals surface area contributed by atoms with Crippen LogP contribution < -0.4 is 0 Å². The molecule has 0 heterocycles. The Morgan fingerprint density at radius 3 is 2.44 bits per heavy atom. The fraction of sp³-hybridized carbons (Fsp3) is 0.857. The molecule has 2 heteroatoms. The Balaban J connectivity index is 2.06. The Hall–Kier alpha value is -0.530. The second-order valence-electron chi connectivity index (χ2n) is 3.18. The molecule has 0 aromatic heterocycles. The van der Waals surface area contributed by atoms with Gasteiger partial charge in [-0.1, -0.05) is 0 Å². The Labute approximate surface area is 53.9 Å². The molecule has 3 atom stereocenters. The predicted octanol–water partition coefficient (Wildman–Crippen LogP) is 1.12. The topological polar surface area (TPSA) is 37.3 Å². The maximum Gasteiger partial charge on any atom is 0.306 e. The highest BCUT2D eigenvalue weighted by Gasteiger charge is 2.50. The summed E-state index contributed by atoms with van der Waals surface area (Å²) in [5.41, 5.74) is 0. The van der Waals surface area contributed by atoms with Crippen molar-refractivity contribution in [2.45, 2.75) is 19.3 Å². The summed E-state index contributed by atoms with van der Waals surface area (Å²) >= 11 is 0. The summed E-state index contributed by atoms with van der Waals surface area (Å²) in [6, 6.07) is 0. The zero-order valence-corrected chi connectivity index (χ0v) is 5.21. The number of carboxylic acids is 1. The predicted molar refractivity (Wildman–Crippen MR) is 32.0 cm³/mol. The maximum atomic E-state index is 10.4. The van der Waals surface area contributed by atoms with E-state index in [2.05, 4.69) is 0 Å². The van der Waals surface area contributed by atoms with Crippen molar-refractivity contribution >= 4 is 5.97 Å². The highest BCUT2D eigenvalue weighted by atomic mass is 16.4. The van der Waals surface area contributed by atoms with Gasteiger partial charge in [0.2, 0.25) is 0 Å². The standard InChI is InChI=1S/C7H10O2/c8-7(9)5-2-1-4-3-6(4)5/h4-6H,1-3H2,(H,8,9)/t4?,5-,6?/m0/s1. The smallest absolute Gasteiger partial charge is 0.306 e. The number of carbonyl (C=O) groups is 1. The van der Waals surface area contributed by atoms with Gasteiger partial charge in [-0.3, -0.25) is 4.79 Å². The fourth-order valence-electron chi connectivity index (χ4n) is 2.01. The first-order valence-electron chi connectivity index (χ1n) is 3.52. The van der Waals surface area contributed by atoms with E-state index in [1.807, 2.05) is 0 Å². The summed E-state index contributed by atoms with van der Waals surface area (Å²) in [6.07, 6.45) is 3.29. The van der Waals surface area contributed by atoms with Gasteiger partial charge in [0.05, 0.1) is 5.92 Å². The summed E-state index contributed by atoms with van der Waals surface area (Å²) in [7, 11) is 0. The van der Waals surface area contributed by atoms with Crippen LogP contribution in [0, 0.1) is 17.8 Å². The minimum atomic E-state index is -0.569. The van der Waals surface area contributed by atoms with Crippen LogP contribution in [0.1, 0.15) is 19.3 Å². The number of fused-ring (bicyclic) bond motifs is 1. The van der Waals surface area contributed by atoms with Crippen molar-refractivity contribution in [2.75, 3.05) is 0 Å². The van der Waals surface area contributed by atoms with Crippen molar-refractivity contribution in [3.8, 4) is 0 Å². The average Bonchev–Trinajstić information content (AvgIpc) is 2.43. The van der Waals surface area contributed by atoms with Gasteiger partial charge in [-0.2, -0.15) is 0 Å². The molecule has 0 bridgehead atoms. The number of aliphatic carboxylic acids is 1. The third-order valence-corrected chi connectivity index (χ3v) is 2.66. The lowest BCUT2D eigenvalue weighted by atomic mass is 10.0. The molecule has 0 amide bonds. The van der Waals surface area contributed by atoms with E-state index in [9.17, 15) is 4.79 Å². The molecule has 2 saturated carbocycles. The molecule has 2 aliphatic rings. The number of hydrogen-bond acceptors (Lipinski definition) is 1. The van der Waals surface area contributed by atoms with E-state index in [-0.39, 0.29) is 5.92 Å². The summed E-state index contributed by atoms with van der Waals surface area (Å²) in [5, 5.41) is 8.61. The lowest BCUT2D eigenvalue weighted by molar-refractivity contribution is -0.142. The van der Waals surface area contributed by atoms with Gasteiger partial charge >= 0.3 is 5.97 Å². The average molecular weight is 126 g/mol. The third kappa shape index (κ3) is 0.655. The second kappa shape index (κ2) is 1.49. The molecule has 2 nitrogen and oxygen atoms in total. The Morgan fingerprint density at radius 2 is 2.22 bits per heavy atom. The van der Waals surface area contributed by atoms with Gasteiger partial charge in [-0.15, -0.1) is 0 Å². The van der Waals surface area contributed by atoms with Crippen molar-refractivity contribution in [2.24, 2.45) is 17.8 Å². The van der Waals surface area contributed by atoms with E-state index in [4.69, 9.17) is 5.11 Å². The molecule has 0 aromatic carbocycles. The van der Waals surface area contributed by atoms with Crippen LogP contribution in [0.2, 0.25) is 0 Å². The molecule has 0 saturated heterocycles. The van der Waals surface area contributed by atoms with Crippen molar-refractivity contribution in [1.82, 2.24) is 0 Å². The van der Waals surface area contributed by atoms with Crippen LogP contribution >= 0.6 is 0 Å². The van der Waals surface area contributed by atoms with Crippen molar-refractivity contribution in [1.29, 1.82) is 0 Å². The van der Waals surface area contributed by atoms with Crippen LogP contribution in [0.5, 0.6) is 0 Å². The van der Waals surface area contributed by atoms with Gasteiger partial charge in [-0.05, 0) is 31.1 Å². The van der Waals surface area contributed by atoms with Crippen LogP contribution in [0.15, 0.2) is 0 Å². The SMILES string of the molecule is O=C(O)[C@H]1CCC2CC21. The maximum absolute atomic E-state index is 10.4. The van der Waals surface area contributed by atoms with Crippen LogP contribution in [-0.4, -0.2) is 11.1 Å². The van der Waals surface area contributed by atoms with Crippen LogP contribution in [-0.2, 0) is 4.79 Å². The first kappa shape index (κ1) is 5.27. The molecular formula is C7H10O2. The number of rotatable bonds is 1. The van der Waals surface area contributed by atoms with Gasteiger partial charge in [0, 0.05) is 0 Å². The van der Waals surface area contributed by atoms with Crippen LogP contribution in [0.4, 0.5) is 0 Å². The molecule has 2 rings (SSSR count). The van der Waals surface area contributed by atoms with Gasteiger partial charge < -0.3 is 5.11 Å². The normalized spacial score (nSPS) is 46.4. The van der Waals surface area contributed by atoms with E-state index in [0.717, 1.165) is 12.3 Å². The van der Waals surface area contributed by atoms with Gasteiger partial charge in [0.25, 0.3) is 0 Å². The lowest BCUT2D eigenvalue weighted by Crippen LogP contribution is -2.12. The quantitative estimate of drug-likeness (QED) is 0.571. The van der Waals surface area contributed by atoms with Crippen LogP contribution in [0.3, 0.4) is 0 Å². The van der Waals surface area contributed by atoms with Gasteiger partial charge in [0.1, 0.15) is 0 Å². The van der Waals surface area contributed by atoms with Crippen molar-refractivity contribution in [3.63, 3.8) is 0 Å². The molecule has 1 N–H and O–H groups in total. The number of carboxylic acid groups (broad SMARTS) is 1. The Bertz CT molecular complexity index is 153. The minimum Gasteiger partial charge on any atom is -0.481 e. The summed E-state index contributed by atoms with van der Waals surface area (Å²) in [4.78, 5) is 10.4. The molecule has 9 heavy (non-hydrogen) atoms. The molecule has 2 fully saturated rings. The molecule has 2 aliphatic carbocycles. The Morgan fingerprint density at radius 1 is 1.44 bits per heavy atom. The summed E-state index contributed by atoms with van der Waals surface area (Å²) in [6.45, 7) is 0. The third-order valence-electron chi connectivity index (χ3n) is 2.66. The monoisotopic (exact) mass is 126 g/mol. The molecule has 0 spiro atoms. The summed E-state index contributed by atoms with van der Waals surface area (Å²) in [5.74, 6) is 0.823. The largest absolute Gasteiger partial charge is 0.481 e. The highest BCUT2D eigenvalue weighted by molar-refractivity contribution is 5.71. The molecular weight excluding hydrogens is 116 g/mol. The van der Waals surface area contributed by atoms with E-state index in [1.54, 1.807) is 0 Å². The Kier molecular flexibility index (Phi) is 0.875. The lowest BCUT2D eigenvalue weighted by Gasteiger charge is -2.02. The first-order valence-corrected chi connectivity index (χ1v) is 3.52. The van der Waals surface area contributed by atoms with Gasteiger partial charge in [-0.25, -0.2) is 0 Å². The van der Waals surface area contributed by atoms with E-state index in [1.165, 1.54) is 12.8 Å². The van der Waals surface area contributed by atoms with E-state index in [0.29, 0.717) is 5.92 Å². The zero-order chi connectivity index (χ0) is 6.43. The second-order valence-corrected chi connectivity index (χ2v) is 3.18.